The van der Waals surface area contributed by atoms with E-state index >= 15 is 0 Å². The molecule has 0 bridgehead atoms. The number of nitrogens with zero attached hydrogens (tertiary/aromatic N) is 2. The van der Waals surface area contributed by atoms with Gasteiger partial charge < -0.3 is 4.90 Å². The van der Waals surface area contributed by atoms with Gasteiger partial charge in [-0.15, -0.1) is 0 Å². The molecular formula is C13H12N2O. The van der Waals surface area contributed by atoms with Crippen LogP contribution < -0.4 is 0 Å². The lowest BCUT2D eigenvalue weighted by atomic mass is 10.1. The molecule has 80 valence electrons. The van der Waals surface area contributed by atoms with Gasteiger partial charge in [-0.1, -0.05) is 30.4 Å². The van der Waals surface area contributed by atoms with Crippen LogP contribution in [0.2, 0.25) is 0 Å². The molecule has 0 aromatic heterocycles. The molecule has 1 unspecified atom stereocenters. The van der Waals surface area contributed by atoms with Gasteiger partial charge in [-0.3, -0.25) is 4.79 Å². The molecule has 0 saturated carbocycles. The highest BCUT2D eigenvalue weighted by molar-refractivity contribution is 5.94. The Labute approximate surface area is 94.6 Å². The van der Waals surface area contributed by atoms with Gasteiger partial charge in [0.15, 0.2) is 0 Å². The van der Waals surface area contributed by atoms with Crippen molar-refractivity contribution in [2.45, 2.75) is 12.5 Å². The predicted octanol–water partition coefficient (Wildman–Crippen LogP) is 1.98. The van der Waals surface area contributed by atoms with Crippen molar-refractivity contribution in [3.8, 4) is 6.07 Å². The fourth-order valence-electron chi connectivity index (χ4n) is 1.77. The molecule has 1 amide bonds. The third-order valence-electron chi connectivity index (χ3n) is 2.60. The summed E-state index contributed by atoms with van der Waals surface area (Å²) in [6.45, 7) is 0.614. The van der Waals surface area contributed by atoms with Crippen LogP contribution >= 0.6 is 0 Å². The van der Waals surface area contributed by atoms with E-state index < -0.39 is 6.04 Å². The van der Waals surface area contributed by atoms with E-state index in [4.69, 9.17) is 5.26 Å². The Balaban J connectivity index is 2.23. The molecule has 1 aliphatic heterocycles. The summed E-state index contributed by atoms with van der Waals surface area (Å²) in [5.74, 6) is -0.0727. The van der Waals surface area contributed by atoms with Crippen LogP contribution in [-0.4, -0.2) is 23.4 Å². The van der Waals surface area contributed by atoms with Gasteiger partial charge >= 0.3 is 0 Å². The number of carbonyl (C=O) groups excluding carboxylic acids is 1. The van der Waals surface area contributed by atoms with Gasteiger partial charge in [0.2, 0.25) is 0 Å². The van der Waals surface area contributed by atoms with E-state index in [0.29, 0.717) is 12.1 Å². The number of hydrogen-bond acceptors (Lipinski definition) is 2. The molecule has 0 saturated heterocycles. The minimum atomic E-state index is -0.429. The Hall–Kier alpha value is -2.08. The second-order valence-electron chi connectivity index (χ2n) is 3.66. The van der Waals surface area contributed by atoms with Crippen LogP contribution in [0.25, 0.3) is 0 Å². The van der Waals surface area contributed by atoms with Gasteiger partial charge in [-0.05, 0) is 18.6 Å². The molecule has 0 fully saturated rings. The van der Waals surface area contributed by atoms with Crippen molar-refractivity contribution < 1.29 is 4.79 Å². The van der Waals surface area contributed by atoms with E-state index in [1.165, 1.54) is 0 Å². The fourth-order valence-corrected chi connectivity index (χ4v) is 1.77. The van der Waals surface area contributed by atoms with Crippen LogP contribution in [0.15, 0.2) is 42.5 Å². The zero-order valence-corrected chi connectivity index (χ0v) is 8.84. The highest BCUT2D eigenvalue weighted by Gasteiger charge is 2.23. The maximum absolute atomic E-state index is 12.1. The SMILES string of the molecule is N#CC1C=CCCN1C(=O)c1ccccc1. The first kappa shape index (κ1) is 10.4. The number of amides is 1. The molecule has 3 heteroatoms. The zero-order valence-electron chi connectivity index (χ0n) is 8.84. The van der Waals surface area contributed by atoms with E-state index in [1.807, 2.05) is 24.3 Å². The van der Waals surface area contributed by atoms with Crippen molar-refractivity contribution in [3.63, 3.8) is 0 Å². The molecule has 1 aliphatic rings. The molecule has 1 heterocycles. The Morgan fingerprint density at radius 1 is 1.38 bits per heavy atom. The van der Waals surface area contributed by atoms with Crippen LogP contribution in [-0.2, 0) is 0 Å². The van der Waals surface area contributed by atoms with E-state index in [0.717, 1.165) is 6.42 Å². The van der Waals surface area contributed by atoms with Crippen molar-refractivity contribution in [2.75, 3.05) is 6.54 Å². The van der Waals surface area contributed by atoms with E-state index in [2.05, 4.69) is 6.07 Å². The van der Waals surface area contributed by atoms with Crippen LogP contribution in [0.3, 0.4) is 0 Å². The Bertz CT molecular complexity index is 445. The molecule has 1 atom stereocenters. The summed E-state index contributed by atoms with van der Waals surface area (Å²) in [5, 5.41) is 8.96. The Morgan fingerprint density at radius 3 is 2.81 bits per heavy atom. The van der Waals surface area contributed by atoms with Gasteiger partial charge in [0.1, 0.15) is 6.04 Å². The lowest BCUT2D eigenvalue weighted by molar-refractivity contribution is 0.0739. The van der Waals surface area contributed by atoms with Crippen molar-refractivity contribution in [1.82, 2.24) is 4.90 Å². The quantitative estimate of drug-likeness (QED) is 0.668. The van der Waals surface area contributed by atoms with Gasteiger partial charge in [0, 0.05) is 12.1 Å². The molecule has 0 N–H and O–H groups in total. The van der Waals surface area contributed by atoms with E-state index in [-0.39, 0.29) is 5.91 Å². The number of benzene rings is 1. The van der Waals surface area contributed by atoms with Crippen LogP contribution in [0.5, 0.6) is 0 Å². The van der Waals surface area contributed by atoms with Crippen molar-refractivity contribution in [3.05, 3.63) is 48.0 Å². The van der Waals surface area contributed by atoms with Gasteiger partial charge in [0.05, 0.1) is 6.07 Å². The summed E-state index contributed by atoms with van der Waals surface area (Å²) in [5.41, 5.74) is 0.637. The Morgan fingerprint density at radius 2 is 2.12 bits per heavy atom. The summed E-state index contributed by atoms with van der Waals surface area (Å²) >= 11 is 0. The standard InChI is InChI=1S/C13H12N2O/c14-10-12-8-4-5-9-15(12)13(16)11-6-2-1-3-7-11/h1-4,6-8,12H,5,9H2. The van der Waals surface area contributed by atoms with Gasteiger partial charge in [0.25, 0.3) is 5.91 Å². The summed E-state index contributed by atoms with van der Waals surface area (Å²) in [6.07, 6.45) is 4.55. The third kappa shape index (κ3) is 1.96. The first-order chi connectivity index (χ1) is 7.83. The van der Waals surface area contributed by atoms with Crippen LogP contribution in [0.4, 0.5) is 0 Å². The number of carbonyl (C=O) groups is 1. The van der Waals surface area contributed by atoms with E-state index in [9.17, 15) is 4.79 Å². The molecule has 0 radical (unpaired) electrons. The average molecular weight is 212 g/mol. The normalized spacial score (nSPS) is 19.2. The lowest BCUT2D eigenvalue weighted by Gasteiger charge is -2.27. The predicted molar refractivity (Wildman–Crippen MR) is 60.6 cm³/mol. The zero-order chi connectivity index (χ0) is 11.4. The smallest absolute Gasteiger partial charge is 0.255 e. The third-order valence-corrected chi connectivity index (χ3v) is 2.60. The van der Waals surface area contributed by atoms with Crippen LogP contribution in [0, 0.1) is 11.3 Å². The second kappa shape index (κ2) is 4.63. The topological polar surface area (TPSA) is 44.1 Å². The second-order valence-corrected chi connectivity index (χ2v) is 3.66. The highest BCUT2D eigenvalue weighted by Crippen LogP contribution is 2.13. The summed E-state index contributed by atoms with van der Waals surface area (Å²) in [7, 11) is 0. The minimum Gasteiger partial charge on any atom is -0.319 e. The first-order valence-corrected chi connectivity index (χ1v) is 5.25. The number of nitriles is 1. The molecule has 0 spiro atoms. The highest BCUT2D eigenvalue weighted by atomic mass is 16.2. The molecule has 16 heavy (non-hydrogen) atoms. The number of rotatable bonds is 1. The van der Waals surface area contributed by atoms with Crippen molar-refractivity contribution in [1.29, 1.82) is 5.26 Å². The largest absolute Gasteiger partial charge is 0.319 e. The molecule has 1 aromatic carbocycles. The molecule has 0 aliphatic carbocycles. The molecular weight excluding hydrogens is 200 g/mol. The summed E-state index contributed by atoms with van der Waals surface area (Å²) in [6, 6.07) is 10.8. The average Bonchev–Trinajstić information content (AvgIpc) is 2.39. The van der Waals surface area contributed by atoms with Gasteiger partial charge in [-0.25, -0.2) is 0 Å². The maximum Gasteiger partial charge on any atom is 0.255 e. The number of hydrogen-bond donors (Lipinski definition) is 0. The molecule has 1 aromatic rings. The van der Waals surface area contributed by atoms with Crippen LogP contribution in [0.1, 0.15) is 16.8 Å². The minimum absolute atomic E-state index is 0.0727. The van der Waals surface area contributed by atoms with E-state index in [1.54, 1.807) is 23.1 Å². The van der Waals surface area contributed by atoms with Crippen molar-refractivity contribution in [2.24, 2.45) is 0 Å². The summed E-state index contributed by atoms with van der Waals surface area (Å²) in [4.78, 5) is 13.7. The summed E-state index contributed by atoms with van der Waals surface area (Å²) < 4.78 is 0. The van der Waals surface area contributed by atoms with Crippen molar-refractivity contribution >= 4 is 5.91 Å². The lowest BCUT2D eigenvalue weighted by Crippen LogP contribution is -2.40. The first-order valence-electron chi connectivity index (χ1n) is 5.25. The monoisotopic (exact) mass is 212 g/mol. The molecule has 3 nitrogen and oxygen atoms in total. The van der Waals surface area contributed by atoms with Gasteiger partial charge in [-0.2, -0.15) is 5.26 Å². The maximum atomic E-state index is 12.1. The molecule has 2 rings (SSSR count). The Kier molecular flexibility index (Phi) is 3.02. The fraction of sp³-hybridized carbons (Fsp3) is 0.231.